The van der Waals surface area contributed by atoms with Crippen LogP contribution >= 0.6 is 11.3 Å². The van der Waals surface area contributed by atoms with Crippen LogP contribution in [0.3, 0.4) is 0 Å². The van der Waals surface area contributed by atoms with Crippen LogP contribution in [0.25, 0.3) is 0 Å². The molecule has 13 heavy (non-hydrogen) atoms. The third-order valence-corrected chi connectivity index (χ3v) is 3.47. The second kappa shape index (κ2) is 4.11. The normalized spacial score (nSPS) is 28.7. The van der Waals surface area contributed by atoms with Gasteiger partial charge >= 0.3 is 0 Å². The van der Waals surface area contributed by atoms with Crippen LogP contribution in [-0.2, 0) is 0 Å². The Balaban J connectivity index is 1.93. The molecular formula is C10H16N2S. The van der Waals surface area contributed by atoms with E-state index in [-0.39, 0.29) is 0 Å². The summed E-state index contributed by atoms with van der Waals surface area (Å²) in [6.07, 6.45) is 5.00. The van der Waals surface area contributed by atoms with Gasteiger partial charge in [-0.25, -0.2) is 0 Å². The van der Waals surface area contributed by atoms with Gasteiger partial charge in [-0.1, -0.05) is 12.8 Å². The highest BCUT2D eigenvalue weighted by Gasteiger charge is 2.21. The van der Waals surface area contributed by atoms with E-state index in [1.54, 1.807) is 11.3 Å². The Morgan fingerprint density at radius 1 is 1.38 bits per heavy atom. The van der Waals surface area contributed by atoms with Crippen molar-refractivity contribution in [1.29, 1.82) is 0 Å². The smallest absolute Gasteiger partial charge is 0.0885 e. The molecule has 0 radical (unpaired) electrons. The summed E-state index contributed by atoms with van der Waals surface area (Å²) in [5.74, 6) is 0. The van der Waals surface area contributed by atoms with E-state index in [0.29, 0.717) is 12.1 Å². The quantitative estimate of drug-likeness (QED) is 0.762. The molecule has 0 amide bonds. The van der Waals surface area contributed by atoms with Crippen LogP contribution in [0.1, 0.15) is 25.7 Å². The molecule has 1 aliphatic carbocycles. The standard InChI is InChI=1S/C10H16N2S/c11-8-4-1-2-5-9(8)12-10-6-3-7-13-10/h3,6-9,12H,1-2,4-5,11H2. The van der Waals surface area contributed by atoms with Gasteiger partial charge in [-0.3, -0.25) is 0 Å². The molecule has 1 saturated carbocycles. The fourth-order valence-electron chi connectivity index (χ4n) is 1.88. The van der Waals surface area contributed by atoms with Gasteiger partial charge in [-0.15, -0.1) is 11.3 Å². The number of nitrogens with two attached hydrogens (primary N) is 1. The van der Waals surface area contributed by atoms with Crippen molar-refractivity contribution in [3.8, 4) is 0 Å². The van der Waals surface area contributed by atoms with Crippen molar-refractivity contribution in [3.05, 3.63) is 17.5 Å². The lowest BCUT2D eigenvalue weighted by Crippen LogP contribution is -2.42. The van der Waals surface area contributed by atoms with E-state index >= 15 is 0 Å². The predicted octanol–water partition coefficient (Wildman–Crippen LogP) is 2.43. The Bertz CT molecular complexity index is 245. The van der Waals surface area contributed by atoms with Crippen LogP contribution in [-0.4, -0.2) is 12.1 Å². The third-order valence-electron chi connectivity index (χ3n) is 2.67. The zero-order valence-electron chi connectivity index (χ0n) is 7.70. The molecule has 3 N–H and O–H groups in total. The second-order valence-corrected chi connectivity index (χ2v) is 4.62. The molecule has 72 valence electrons. The van der Waals surface area contributed by atoms with Gasteiger partial charge in [0.2, 0.25) is 0 Å². The molecule has 2 nitrogen and oxygen atoms in total. The number of thiophene rings is 1. The van der Waals surface area contributed by atoms with Crippen molar-refractivity contribution in [3.63, 3.8) is 0 Å². The Hall–Kier alpha value is -0.540. The second-order valence-electron chi connectivity index (χ2n) is 3.68. The van der Waals surface area contributed by atoms with Crippen LogP contribution in [0.4, 0.5) is 5.00 Å². The van der Waals surface area contributed by atoms with Gasteiger partial charge in [0.15, 0.2) is 0 Å². The van der Waals surface area contributed by atoms with Crippen LogP contribution in [0.5, 0.6) is 0 Å². The van der Waals surface area contributed by atoms with Crippen LogP contribution in [0, 0.1) is 0 Å². The Morgan fingerprint density at radius 3 is 2.92 bits per heavy atom. The summed E-state index contributed by atoms with van der Waals surface area (Å²) in [6, 6.07) is 5.02. The molecule has 2 rings (SSSR count). The fourth-order valence-corrected chi connectivity index (χ4v) is 2.56. The average Bonchev–Trinajstić information content (AvgIpc) is 2.61. The van der Waals surface area contributed by atoms with Gasteiger partial charge in [0.05, 0.1) is 5.00 Å². The number of hydrogen-bond acceptors (Lipinski definition) is 3. The van der Waals surface area contributed by atoms with E-state index in [1.165, 1.54) is 30.7 Å². The Labute approximate surface area is 83.1 Å². The van der Waals surface area contributed by atoms with Crippen molar-refractivity contribution < 1.29 is 0 Å². The monoisotopic (exact) mass is 196 g/mol. The van der Waals surface area contributed by atoms with Gasteiger partial charge in [0.1, 0.15) is 0 Å². The fraction of sp³-hybridized carbons (Fsp3) is 0.600. The molecule has 0 spiro atoms. The first-order chi connectivity index (χ1) is 6.36. The lowest BCUT2D eigenvalue weighted by Gasteiger charge is -2.29. The summed E-state index contributed by atoms with van der Waals surface area (Å²) in [6.45, 7) is 0. The molecular weight excluding hydrogens is 180 g/mol. The summed E-state index contributed by atoms with van der Waals surface area (Å²) in [5, 5.41) is 6.85. The lowest BCUT2D eigenvalue weighted by molar-refractivity contribution is 0.404. The average molecular weight is 196 g/mol. The molecule has 1 heterocycles. The van der Waals surface area contributed by atoms with Crippen molar-refractivity contribution >= 4 is 16.3 Å². The maximum atomic E-state index is 6.04. The zero-order chi connectivity index (χ0) is 9.10. The van der Waals surface area contributed by atoms with E-state index in [9.17, 15) is 0 Å². The van der Waals surface area contributed by atoms with Gasteiger partial charge < -0.3 is 11.1 Å². The van der Waals surface area contributed by atoms with E-state index in [2.05, 4.69) is 22.8 Å². The molecule has 0 aromatic carbocycles. The molecule has 0 saturated heterocycles. The summed E-state index contributed by atoms with van der Waals surface area (Å²) < 4.78 is 0. The van der Waals surface area contributed by atoms with Crippen molar-refractivity contribution in [2.24, 2.45) is 5.73 Å². The predicted molar refractivity (Wildman–Crippen MR) is 58.2 cm³/mol. The minimum Gasteiger partial charge on any atom is -0.373 e. The largest absolute Gasteiger partial charge is 0.373 e. The molecule has 0 aliphatic heterocycles. The maximum absolute atomic E-state index is 6.04. The van der Waals surface area contributed by atoms with E-state index in [0.717, 1.165) is 0 Å². The summed E-state index contributed by atoms with van der Waals surface area (Å²) >= 11 is 1.75. The molecule has 1 aromatic rings. The first-order valence-corrected chi connectivity index (χ1v) is 5.80. The summed E-state index contributed by atoms with van der Waals surface area (Å²) in [5.41, 5.74) is 6.04. The number of nitrogens with one attached hydrogen (secondary N) is 1. The third kappa shape index (κ3) is 2.23. The molecule has 1 aliphatic rings. The highest BCUT2D eigenvalue weighted by Crippen LogP contribution is 2.23. The Kier molecular flexibility index (Phi) is 2.86. The summed E-state index contributed by atoms with van der Waals surface area (Å²) in [7, 11) is 0. The van der Waals surface area contributed by atoms with Crippen molar-refractivity contribution in [2.75, 3.05) is 5.32 Å². The topological polar surface area (TPSA) is 38.0 Å². The zero-order valence-corrected chi connectivity index (χ0v) is 8.52. The van der Waals surface area contributed by atoms with Gasteiger partial charge in [0.25, 0.3) is 0 Å². The van der Waals surface area contributed by atoms with Gasteiger partial charge in [-0.05, 0) is 30.4 Å². The minimum absolute atomic E-state index is 0.343. The highest BCUT2D eigenvalue weighted by atomic mass is 32.1. The number of anilines is 1. The molecule has 1 fully saturated rings. The molecule has 3 heteroatoms. The first-order valence-electron chi connectivity index (χ1n) is 4.92. The molecule has 2 unspecified atom stereocenters. The SMILES string of the molecule is NC1CCCCC1Nc1cccs1. The highest BCUT2D eigenvalue weighted by molar-refractivity contribution is 7.14. The van der Waals surface area contributed by atoms with Gasteiger partial charge in [0, 0.05) is 12.1 Å². The van der Waals surface area contributed by atoms with Gasteiger partial charge in [-0.2, -0.15) is 0 Å². The maximum Gasteiger partial charge on any atom is 0.0885 e. The van der Waals surface area contributed by atoms with Crippen LogP contribution in [0.15, 0.2) is 17.5 Å². The van der Waals surface area contributed by atoms with E-state index in [4.69, 9.17) is 5.73 Å². The van der Waals surface area contributed by atoms with Crippen molar-refractivity contribution in [1.82, 2.24) is 0 Å². The molecule has 0 bridgehead atoms. The van der Waals surface area contributed by atoms with Crippen LogP contribution < -0.4 is 11.1 Å². The number of hydrogen-bond donors (Lipinski definition) is 2. The first kappa shape index (κ1) is 9.03. The van der Waals surface area contributed by atoms with E-state index in [1.807, 2.05) is 0 Å². The van der Waals surface area contributed by atoms with Crippen LogP contribution in [0.2, 0.25) is 0 Å². The molecule has 2 atom stereocenters. The van der Waals surface area contributed by atoms with E-state index < -0.39 is 0 Å². The summed E-state index contributed by atoms with van der Waals surface area (Å²) in [4.78, 5) is 0. The number of rotatable bonds is 2. The Morgan fingerprint density at radius 2 is 2.23 bits per heavy atom. The molecule has 1 aromatic heterocycles. The lowest BCUT2D eigenvalue weighted by atomic mass is 9.91. The minimum atomic E-state index is 0.343. The van der Waals surface area contributed by atoms with Crippen molar-refractivity contribution in [2.45, 2.75) is 37.8 Å².